The number of halogens is 2. The Hall–Kier alpha value is -0.0900. The molecule has 1 unspecified atom stereocenters. The fourth-order valence-electron chi connectivity index (χ4n) is 0.781. The number of hydrogen-bond donors (Lipinski definition) is 0. The SMILES string of the molecule is CCOS(=O)c1ccc(Cl)cc1Cl. The molecule has 0 aliphatic carbocycles. The third-order valence-corrected chi connectivity index (χ3v) is 3.12. The van der Waals surface area contributed by atoms with Crippen LogP contribution in [0.25, 0.3) is 0 Å². The summed E-state index contributed by atoms with van der Waals surface area (Å²) in [7, 11) is 0. The summed E-state index contributed by atoms with van der Waals surface area (Å²) in [6, 6.07) is 4.76. The molecule has 5 heteroatoms. The first-order chi connectivity index (χ1) is 6.15. The molecule has 0 aliphatic rings. The second-order valence-electron chi connectivity index (χ2n) is 2.22. The standard InChI is InChI=1S/C8H8Cl2O2S/c1-2-12-13(11)8-4-3-6(9)5-7(8)10/h3-5H,2H2,1H3. The van der Waals surface area contributed by atoms with Crippen LogP contribution in [0.15, 0.2) is 23.1 Å². The average molecular weight is 239 g/mol. The summed E-state index contributed by atoms with van der Waals surface area (Å²) in [5, 5.41) is 0.876. The normalized spacial score (nSPS) is 12.8. The molecule has 0 amide bonds. The van der Waals surface area contributed by atoms with Crippen molar-refractivity contribution in [3.05, 3.63) is 28.2 Å². The molecule has 0 saturated carbocycles. The molecule has 0 aromatic heterocycles. The van der Waals surface area contributed by atoms with Gasteiger partial charge in [-0.2, -0.15) is 0 Å². The maximum atomic E-state index is 11.3. The van der Waals surface area contributed by atoms with Crippen LogP contribution in [0.2, 0.25) is 10.0 Å². The van der Waals surface area contributed by atoms with Gasteiger partial charge in [-0.05, 0) is 25.1 Å². The molecule has 1 atom stereocenters. The highest BCUT2D eigenvalue weighted by atomic mass is 35.5. The Morgan fingerprint density at radius 1 is 1.46 bits per heavy atom. The fraction of sp³-hybridized carbons (Fsp3) is 0.250. The van der Waals surface area contributed by atoms with E-state index in [9.17, 15) is 4.21 Å². The van der Waals surface area contributed by atoms with Gasteiger partial charge in [0.25, 0.3) is 0 Å². The van der Waals surface area contributed by atoms with E-state index in [4.69, 9.17) is 27.4 Å². The molecule has 13 heavy (non-hydrogen) atoms. The van der Waals surface area contributed by atoms with Crippen LogP contribution in [0.1, 0.15) is 6.92 Å². The smallest absolute Gasteiger partial charge is 0.190 e. The van der Waals surface area contributed by atoms with E-state index in [1.165, 1.54) is 6.07 Å². The highest BCUT2D eigenvalue weighted by Crippen LogP contribution is 2.24. The van der Waals surface area contributed by atoms with Crippen LogP contribution in [0.4, 0.5) is 0 Å². The predicted octanol–water partition coefficient (Wildman–Crippen LogP) is 3.05. The van der Waals surface area contributed by atoms with Gasteiger partial charge in [0.1, 0.15) is 0 Å². The van der Waals surface area contributed by atoms with E-state index in [2.05, 4.69) is 0 Å². The van der Waals surface area contributed by atoms with Gasteiger partial charge in [0, 0.05) is 5.02 Å². The van der Waals surface area contributed by atoms with Crippen molar-refractivity contribution in [2.75, 3.05) is 6.61 Å². The zero-order valence-electron chi connectivity index (χ0n) is 6.92. The molecule has 0 saturated heterocycles. The van der Waals surface area contributed by atoms with Crippen LogP contribution < -0.4 is 0 Å². The lowest BCUT2D eigenvalue weighted by atomic mass is 10.4. The van der Waals surface area contributed by atoms with Gasteiger partial charge in [0.05, 0.1) is 16.5 Å². The first-order valence-corrected chi connectivity index (χ1v) is 5.48. The Kier molecular flexibility index (Phi) is 4.19. The van der Waals surface area contributed by atoms with Gasteiger partial charge in [0.15, 0.2) is 11.1 Å². The summed E-state index contributed by atoms with van der Waals surface area (Å²) in [6.07, 6.45) is 0. The molecule has 0 N–H and O–H groups in total. The van der Waals surface area contributed by atoms with Gasteiger partial charge in [-0.15, -0.1) is 0 Å². The maximum absolute atomic E-state index is 11.3. The molecule has 0 fully saturated rings. The van der Waals surface area contributed by atoms with Crippen molar-refractivity contribution < 1.29 is 8.39 Å². The summed E-state index contributed by atoms with van der Waals surface area (Å²) in [4.78, 5) is 0.452. The van der Waals surface area contributed by atoms with Gasteiger partial charge in [-0.3, -0.25) is 4.18 Å². The van der Waals surface area contributed by atoms with Gasteiger partial charge >= 0.3 is 0 Å². The molecule has 72 valence electrons. The minimum atomic E-state index is -1.49. The fourth-order valence-corrected chi connectivity index (χ4v) is 2.12. The number of hydrogen-bond acceptors (Lipinski definition) is 2. The van der Waals surface area contributed by atoms with E-state index in [0.29, 0.717) is 21.5 Å². The van der Waals surface area contributed by atoms with Gasteiger partial charge in [-0.25, -0.2) is 4.21 Å². The Morgan fingerprint density at radius 3 is 2.69 bits per heavy atom. The van der Waals surface area contributed by atoms with Crippen LogP contribution in [0, 0.1) is 0 Å². The maximum Gasteiger partial charge on any atom is 0.190 e. The lowest BCUT2D eigenvalue weighted by Crippen LogP contribution is -1.97. The third kappa shape index (κ3) is 2.95. The zero-order valence-corrected chi connectivity index (χ0v) is 9.25. The van der Waals surface area contributed by atoms with Crippen LogP contribution in [0.3, 0.4) is 0 Å². The monoisotopic (exact) mass is 238 g/mol. The summed E-state index contributed by atoms with van der Waals surface area (Å²) in [5.74, 6) is 0. The minimum Gasteiger partial charge on any atom is -0.287 e. The van der Waals surface area contributed by atoms with Crippen LogP contribution in [-0.2, 0) is 15.3 Å². The van der Waals surface area contributed by atoms with E-state index in [-0.39, 0.29) is 0 Å². The predicted molar refractivity (Wildman–Crippen MR) is 54.5 cm³/mol. The summed E-state index contributed by atoms with van der Waals surface area (Å²) >= 11 is 9.98. The molecule has 1 aromatic rings. The summed E-state index contributed by atoms with van der Waals surface area (Å²) in [5.41, 5.74) is 0. The Bertz CT molecular complexity index is 328. The van der Waals surface area contributed by atoms with Gasteiger partial charge < -0.3 is 0 Å². The Balaban J connectivity index is 2.95. The molecule has 0 heterocycles. The van der Waals surface area contributed by atoms with E-state index in [0.717, 1.165) is 0 Å². The van der Waals surface area contributed by atoms with Crippen molar-refractivity contribution in [2.24, 2.45) is 0 Å². The van der Waals surface area contributed by atoms with Crippen molar-refractivity contribution in [3.8, 4) is 0 Å². The van der Waals surface area contributed by atoms with Crippen LogP contribution in [-0.4, -0.2) is 10.8 Å². The first kappa shape index (κ1) is 11.0. The molecule has 2 nitrogen and oxygen atoms in total. The van der Waals surface area contributed by atoms with E-state index in [1.807, 2.05) is 0 Å². The minimum absolute atomic E-state index is 0.360. The van der Waals surface area contributed by atoms with Crippen molar-refractivity contribution in [3.63, 3.8) is 0 Å². The van der Waals surface area contributed by atoms with E-state index in [1.54, 1.807) is 19.1 Å². The topological polar surface area (TPSA) is 26.3 Å². The highest BCUT2D eigenvalue weighted by molar-refractivity contribution is 7.80. The highest BCUT2D eigenvalue weighted by Gasteiger charge is 2.08. The molecule has 1 rings (SSSR count). The average Bonchev–Trinajstić information content (AvgIpc) is 2.04. The van der Waals surface area contributed by atoms with Crippen molar-refractivity contribution in [1.29, 1.82) is 0 Å². The molecule has 0 spiro atoms. The first-order valence-electron chi connectivity index (χ1n) is 3.65. The molecule has 1 aromatic carbocycles. The second kappa shape index (κ2) is 4.96. The van der Waals surface area contributed by atoms with Crippen LogP contribution in [0.5, 0.6) is 0 Å². The van der Waals surface area contributed by atoms with E-state index < -0.39 is 11.1 Å². The molecular formula is C8H8Cl2O2S. The zero-order chi connectivity index (χ0) is 9.84. The molecule has 0 bridgehead atoms. The quantitative estimate of drug-likeness (QED) is 0.810. The van der Waals surface area contributed by atoms with Crippen molar-refractivity contribution >= 4 is 34.3 Å². The summed E-state index contributed by atoms with van der Waals surface area (Å²) in [6.45, 7) is 2.15. The molecule has 0 aliphatic heterocycles. The van der Waals surface area contributed by atoms with Gasteiger partial charge in [-0.1, -0.05) is 23.2 Å². The third-order valence-electron chi connectivity index (χ3n) is 1.30. The van der Waals surface area contributed by atoms with Gasteiger partial charge in [0.2, 0.25) is 0 Å². The van der Waals surface area contributed by atoms with Crippen molar-refractivity contribution in [1.82, 2.24) is 0 Å². The Morgan fingerprint density at radius 2 is 2.15 bits per heavy atom. The lowest BCUT2D eigenvalue weighted by Gasteiger charge is -2.02. The summed E-state index contributed by atoms with van der Waals surface area (Å²) < 4.78 is 16.2. The van der Waals surface area contributed by atoms with Crippen molar-refractivity contribution in [2.45, 2.75) is 11.8 Å². The molecular weight excluding hydrogens is 231 g/mol. The van der Waals surface area contributed by atoms with E-state index >= 15 is 0 Å². The number of rotatable bonds is 3. The largest absolute Gasteiger partial charge is 0.287 e. The number of benzene rings is 1. The second-order valence-corrected chi connectivity index (χ2v) is 4.20. The lowest BCUT2D eigenvalue weighted by molar-refractivity contribution is 0.371. The molecule has 0 radical (unpaired) electrons. The Labute approximate surface area is 89.5 Å². The van der Waals surface area contributed by atoms with Crippen LogP contribution >= 0.6 is 23.2 Å².